The summed E-state index contributed by atoms with van der Waals surface area (Å²) in [5.74, 6) is 1.13. The number of hydrogen-bond donors (Lipinski definition) is 0. The summed E-state index contributed by atoms with van der Waals surface area (Å²) >= 11 is 0. The number of ether oxygens (including phenoxy) is 1. The molecule has 1 fully saturated rings. The van der Waals surface area contributed by atoms with Crippen LogP contribution in [0.4, 0.5) is 0 Å². The maximum atomic E-state index is 5.42. The number of hydrogen-bond acceptors (Lipinski definition) is 1. The third kappa shape index (κ3) is 1.67. The Morgan fingerprint density at radius 2 is 2.00 bits per heavy atom. The minimum atomic E-state index is 0.888. The highest BCUT2D eigenvalue weighted by molar-refractivity contribution is 5.51. The molecule has 0 saturated carbocycles. The molecule has 1 nitrogen and oxygen atoms in total. The molecule has 62 valence electrons. The van der Waals surface area contributed by atoms with Crippen molar-refractivity contribution in [2.24, 2.45) is 0 Å². The lowest BCUT2D eigenvalue weighted by Gasteiger charge is -1.97. The van der Waals surface area contributed by atoms with Gasteiger partial charge in [-0.05, 0) is 18.1 Å². The largest absolute Gasteiger partial charge is 0.498 e. The summed E-state index contributed by atoms with van der Waals surface area (Å²) in [4.78, 5) is 0. The zero-order valence-electron chi connectivity index (χ0n) is 6.99. The first-order valence-electron chi connectivity index (χ1n) is 4.33. The summed E-state index contributed by atoms with van der Waals surface area (Å²) in [5.41, 5.74) is 1.23. The average Bonchev–Trinajstić information content (AvgIpc) is 2.59. The van der Waals surface area contributed by atoms with E-state index < -0.39 is 0 Å². The first kappa shape index (κ1) is 7.41. The lowest BCUT2D eigenvalue weighted by atomic mass is 10.2. The minimum Gasteiger partial charge on any atom is -0.498 e. The van der Waals surface area contributed by atoms with E-state index in [0.29, 0.717) is 0 Å². The van der Waals surface area contributed by atoms with Crippen molar-refractivity contribution in [2.45, 2.75) is 12.8 Å². The van der Waals surface area contributed by atoms with Crippen LogP contribution in [0.25, 0.3) is 6.08 Å². The highest BCUT2D eigenvalue weighted by atomic mass is 16.5. The van der Waals surface area contributed by atoms with Gasteiger partial charge in [0.25, 0.3) is 0 Å². The fourth-order valence-corrected chi connectivity index (χ4v) is 1.37. The first-order valence-corrected chi connectivity index (χ1v) is 4.33. The van der Waals surface area contributed by atoms with Crippen LogP contribution in [0.1, 0.15) is 18.4 Å². The van der Waals surface area contributed by atoms with Gasteiger partial charge in [0, 0.05) is 6.42 Å². The van der Waals surface area contributed by atoms with Gasteiger partial charge in [-0.3, -0.25) is 0 Å². The van der Waals surface area contributed by atoms with Crippen molar-refractivity contribution in [2.75, 3.05) is 6.61 Å². The fourth-order valence-electron chi connectivity index (χ4n) is 1.37. The van der Waals surface area contributed by atoms with Crippen molar-refractivity contribution in [1.82, 2.24) is 0 Å². The molecular weight excluding hydrogens is 148 g/mol. The van der Waals surface area contributed by atoms with Crippen LogP contribution >= 0.6 is 0 Å². The Morgan fingerprint density at radius 1 is 1.17 bits per heavy atom. The standard InChI is InChI=1S/C11H12O/c1-2-5-10(6-3-1)9-11-7-4-8-12-11/h1-3,5-6,9H,4,7-8H2. The summed E-state index contributed by atoms with van der Waals surface area (Å²) in [6, 6.07) is 10.3. The van der Waals surface area contributed by atoms with Crippen molar-refractivity contribution in [3.63, 3.8) is 0 Å². The topological polar surface area (TPSA) is 9.23 Å². The van der Waals surface area contributed by atoms with E-state index in [0.717, 1.165) is 18.8 Å². The second-order valence-corrected chi connectivity index (χ2v) is 2.97. The number of rotatable bonds is 1. The molecule has 1 saturated heterocycles. The molecule has 0 N–H and O–H groups in total. The van der Waals surface area contributed by atoms with Gasteiger partial charge in [0.2, 0.25) is 0 Å². The quantitative estimate of drug-likeness (QED) is 0.613. The number of allylic oxidation sites excluding steroid dienone is 1. The summed E-state index contributed by atoms with van der Waals surface area (Å²) in [6.07, 6.45) is 4.38. The Hall–Kier alpha value is -1.24. The predicted octanol–water partition coefficient (Wildman–Crippen LogP) is 2.84. The van der Waals surface area contributed by atoms with Crippen LogP contribution in [0, 0.1) is 0 Å². The lowest BCUT2D eigenvalue weighted by Crippen LogP contribution is -1.78. The van der Waals surface area contributed by atoms with Crippen LogP contribution in [-0.4, -0.2) is 6.61 Å². The first-order chi connectivity index (χ1) is 5.95. The Morgan fingerprint density at radius 3 is 2.67 bits per heavy atom. The molecule has 1 aliphatic rings. The average molecular weight is 160 g/mol. The van der Waals surface area contributed by atoms with Crippen LogP contribution < -0.4 is 0 Å². The molecule has 0 amide bonds. The van der Waals surface area contributed by atoms with E-state index >= 15 is 0 Å². The van der Waals surface area contributed by atoms with Crippen molar-refractivity contribution >= 4 is 6.08 Å². The van der Waals surface area contributed by atoms with Crippen molar-refractivity contribution < 1.29 is 4.74 Å². The van der Waals surface area contributed by atoms with Crippen LogP contribution in [0.2, 0.25) is 0 Å². The van der Waals surface area contributed by atoms with Gasteiger partial charge in [0.1, 0.15) is 0 Å². The molecule has 1 aliphatic heterocycles. The van der Waals surface area contributed by atoms with Crippen molar-refractivity contribution in [3.8, 4) is 0 Å². The van der Waals surface area contributed by atoms with Crippen LogP contribution in [0.3, 0.4) is 0 Å². The molecule has 1 aromatic rings. The molecule has 0 spiro atoms. The van der Waals surface area contributed by atoms with Gasteiger partial charge in [0.05, 0.1) is 12.4 Å². The molecule has 0 unspecified atom stereocenters. The van der Waals surface area contributed by atoms with E-state index in [1.807, 2.05) is 18.2 Å². The molecule has 0 bridgehead atoms. The highest BCUT2D eigenvalue weighted by Crippen LogP contribution is 2.18. The Bertz CT molecular complexity index is 266. The van der Waals surface area contributed by atoms with Gasteiger partial charge in [-0.25, -0.2) is 0 Å². The van der Waals surface area contributed by atoms with Crippen molar-refractivity contribution in [1.29, 1.82) is 0 Å². The summed E-state index contributed by atoms with van der Waals surface area (Å²) < 4.78 is 5.42. The van der Waals surface area contributed by atoms with Crippen LogP contribution in [0.5, 0.6) is 0 Å². The van der Waals surface area contributed by atoms with Gasteiger partial charge in [-0.1, -0.05) is 30.3 Å². The fraction of sp³-hybridized carbons (Fsp3) is 0.273. The van der Waals surface area contributed by atoms with Gasteiger partial charge in [0.15, 0.2) is 0 Å². The third-order valence-corrected chi connectivity index (χ3v) is 1.98. The second kappa shape index (κ2) is 3.44. The molecule has 1 heteroatoms. The molecule has 0 atom stereocenters. The second-order valence-electron chi connectivity index (χ2n) is 2.97. The van der Waals surface area contributed by atoms with Crippen molar-refractivity contribution in [3.05, 3.63) is 41.7 Å². The minimum absolute atomic E-state index is 0.888. The maximum absolute atomic E-state index is 5.42. The Labute approximate surface area is 72.7 Å². The zero-order valence-corrected chi connectivity index (χ0v) is 6.99. The number of benzene rings is 1. The zero-order chi connectivity index (χ0) is 8.23. The summed E-state index contributed by atoms with van der Waals surface area (Å²) in [5, 5.41) is 0. The van der Waals surface area contributed by atoms with E-state index in [9.17, 15) is 0 Å². The monoisotopic (exact) mass is 160 g/mol. The van der Waals surface area contributed by atoms with Gasteiger partial charge >= 0.3 is 0 Å². The summed E-state index contributed by atoms with van der Waals surface area (Å²) in [7, 11) is 0. The SMILES string of the molecule is C(=C1CCCO1)c1ccccc1. The predicted molar refractivity (Wildman–Crippen MR) is 49.6 cm³/mol. The molecule has 1 heterocycles. The van der Waals surface area contributed by atoms with Gasteiger partial charge < -0.3 is 4.74 Å². The Balaban J connectivity index is 2.16. The summed E-state index contributed by atoms with van der Waals surface area (Å²) in [6.45, 7) is 0.888. The van der Waals surface area contributed by atoms with E-state index in [4.69, 9.17) is 4.74 Å². The smallest absolute Gasteiger partial charge is 0.0966 e. The Kier molecular flexibility index (Phi) is 2.12. The molecule has 2 rings (SSSR count). The van der Waals surface area contributed by atoms with E-state index in [-0.39, 0.29) is 0 Å². The highest BCUT2D eigenvalue weighted by Gasteiger charge is 2.06. The third-order valence-electron chi connectivity index (χ3n) is 1.98. The molecule has 12 heavy (non-hydrogen) atoms. The van der Waals surface area contributed by atoms with E-state index in [1.165, 1.54) is 12.0 Å². The molecule has 0 aliphatic carbocycles. The normalized spacial score (nSPS) is 19.5. The maximum Gasteiger partial charge on any atom is 0.0966 e. The van der Waals surface area contributed by atoms with Crippen LogP contribution in [-0.2, 0) is 4.74 Å². The van der Waals surface area contributed by atoms with Crippen LogP contribution in [0.15, 0.2) is 36.1 Å². The van der Waals surface area contributed by atoms with Gasteiger partial charge in [-0.15, -0.1) is 0 Å². The molecule has 0 aromatic heterocycles. The van der Waals surface area contributed by atoms with E-state index in [1.54, 1.807) is 0 Å². The van der Waals surface area contributed by atoms with E-state index in [2.05, 4.69) is 18.2 Å². The van der Waals surface area contributed by atoms with Gasteiger partial charge in [-0.2, -0.15) is 0 Å². The molecule has 0 radical (unpaired) electrons. The molecule has 1 aromatic carbocycles. The lowest BCUT2D eigenvalue weighted by molar-refractivity contribution is 0.266. The molecular formula is C11H12O.